The zero-order valence-electron chi connectivity index (χ0n) is 19.5. The molecule has 0 saturated carbocycles. The van der Waals surface area contributed by atoms with Gasteiger partial charge in [-0.05, 0) is 82.1 Å². The summed E-state index contributed by atoms with van der Waals surface area (Å²) in [5, 5.41) is 0.569. The van der Waals surface area contributed by atoms with E-state index in [1.807, 2.05) is 0 Å². The molecule has 1 aliphatic heterocycles. The van der Waals surface area contributed by atoms with Crippen molar-refractivity contribution in [3.63, 3.8) is 0 Å². The molecule has 1 fully saturated rings. The Morgan fingerprint density at radius 2 is 1.44 bits per heavy atom. The van der Waals surface area contributed by atoms with Crippen LogP contribution in [0.5, 0.6) is 11.5 Å². The number of carbonyl (C=O) groups is 2. The first-order valence-electron chi connectivity index (χ1n) is 10.7. The molecule has 1 amide bonds. The van der Waals surface area contributed by atoms with E-state index in [-0.39, 0.29) is 30.8 Å². The number of rotatable bonds is 5. The molecule has 2 aromatic carbocycles. The van der Waals surface area contributed by atoms with E-state index in [4.69, 9.17) is 25.8 Å². The number of piperidine rings is 1. The Kier molecular flexibility index (Phi) is 7.47. The van der Waals surface area contributed by atoms with Crippen LogP contribution >= 0.6 is 11.6 Å². The number of nitrogens with zero attached hydrogens (tertiary/aromatic N) is 1. The number of likely N-dealkylation sites (tertiary alicyclic amines) is 1. The van der Waals surface area contributed by atoms with Gasteiger partial charge in [0.05, 0.1) is 12.0 Å². The van der Waals surface area contributed by atoms with Gasteiger partial charge < -0.3 is 19.1 Å². The zero-order valence-corrected chi connectivity index (χ0v) is 21.1. The molecule has 34 heavy (non-hydrogen) atoms. The number of methoxy groups -OCH3 is 1. The van der Waals surface area contributed by atoms with Crippen LogP contribution in [0.15, 0.2) is 53.4 Å². The maximum absolute atomic E-state index is 13.6. The lowest BCUT2D eigenvalue weighted by Crippen LogP contribution is -2.56. The van der Waals surface area contributed by atoms with Crippen LogP contribution in [0.1, 0.15) is 33.6 Å². The molecule has 0 unspecified atom stereocenters. The first-order valence-corrected chi connectivity index (χ1v) is 12.6. The third-order valence-electron chi connectivity index (χ3n) is 5.48. The van der Waals surface area contributed by atoms with Crippen molar-refractivity contribution in [1.82, 2.24) is 4.90 Å². The second kappa shape index (κ2) is 9.84. The van der Waals surface area contributed by atoms with Gasteiger partial charge >= 0.3 is 12.1 Å². The van der Waals surface area contributed by atoms with Gasteiger partial charge in [-0.15, -0.1) is 0 Å². The standard InChI is InChI=1S/C24H28ClNO7S/c1-23(2,3)33-22(28)26-15-13-24(14-16-26,21(27)31-4)34(29,30)20-11-9-19(10-12-20)32-18-7-5-17(25)6-8-18/h5-12H,13-16H2,1-4H3. The van der Waals surface area contributed by atoms with Crippen LogP contribution in [0.25, 0.3) is 0 Å². The molecule has 0 N–H and O–H groups in total. The van der Waals surface area contributed by atoms with Crippen LogP contribution in [0.3, 0.4) is 0 Å². The van der Waals surface area contributed by atoms with Crippen LogP contribution in [0.2, 0.25) is 5.02 Å². The Morgan fingerprint density at radius 3 is 1.91 bits per heavy atom. The Morgan fingerprint density at radius 1 is 0.941 bits per heavy atom. The summed E-state index contributed by atoms with van der Waals surface area (Å²) in [6.07, 6.45) is -0.763. The van der Waals surface area contributed by atoms with Gasteiger partial charge in [0.25, 0.3) is 0 Å². The molecule has 0 bridgehead atoms. The normalized spacial score (nSPS) is 16.0. The summed E-state index contributed by atoms with van der Waals surface area (Å²) in [5.41, 5.74) is -0.685. The van der Waals surface area contributed by atoms with E-state index in [0.717, 1.165) is 7.11 Å². The third-order valence-corrected chi connectivity index (χ3v) is 8.23. The second-order valence-electron chi connectivity index (χ2n) is 8.98. The van der Waals surface area contributed by atoms with E-state index < -0.39 is 32.2 Å². The predicted octanol–water partition coefficient (Wildman–Crippen LogP) is 4.85. The Labute approximate surface area is 204 Å². The largest absolute Gasteiger partial charge is 0.468 e. The molecule has 1 saturated heterocycles. The van der Waals surface area contributed by atoms with Crippen LogP contribution in [0.4, 0.5) is 4.79 Å². The molecule has 0 radical (unpaired) electrons. The van der Waals surface area contributed by atoms with Crippen LogP contribution in [-0.2, 0) is 24.1 Å². The van der Waals surface area contributed by atoms with Gasteiger partial charge in [-0.1, -0.05) is 11.6 Å². The van der Waals surface area contributed by atoms with Gasteiger partial charge in [0.15, 0.2) is 14.6 Å². The minimum absolute atomic E-state index is 0.0351. The molecule has 0 spiro atoms. The van der Waals surface area contributed by atoms with Crippen LogP contribution in [0, 0.1) is 0 Å². The summed E-state index contributed by atoms with van der Waals surface area (Å²) in [6.45, 7) is 5.33. The van der Waals surface area contributed by atoms with Crippen molar-refractivity contribution < 1.29 is 32.2 Å². The lowest BCUT2D eigenvalue weighted by atomic mass is 9.96. The predicted molar refractivity (Wildman–Crippen MR) is 127 cm³/mol. The number of hydrogen-bond donors (Lipinski definition) is 0. The van der Waals surface area contributed by atoms with Crippen molar-refractivity contribution in [3.05, 3.63) is 53.6 Å². The summed E-state index contributed by atoms with van der Waals surface area (Å²) in [6, 6.07) is 12.6. The number of esters is 1. The summed E-state index contributed by atoms with van der Waals surface area (Å²) in [7, 11) is -2.99. The zero-order chi connectivity index (χ0) is 25.1. The molecule has 0 aromatic heterocycles. The molecule has 1 aliphatic rings. The van der Waals surface area contributed by atoms with Crippen molar-refractivity contribution in [2.45, 2.75) is 48.9 Å². The Balaban J connectivity index is 1.81. The number of ether oxygens (including phenoxy) is 3. The van der Waals surface area contributed by atoms with Gasteiger partial charge in [0.2, 0.25) is 0 Å². The fraction of sp³-hybridized carbons (Fsp3) is 0.417. The fourth-order valence-electron chi connectivity index (χ4n) is 3.70. The van der Waals surface area contributed by atoms with Gasteiger partial charge in [-0.3, -0.25) is 4.79 Å². The smallest absolute Gasteiger partial charge is 0.410 e. The highest BCUT2D eigenvalue weighted by Gasteiger charge is 2.54. The fourth-order valence-corrected chi connectivity index (χ4v) is 5.79. The average molecular weight is 510 g/mol. The molecule has 8 nitrogen and oxygen atoms in total. The average Bonchev–Trinajstić information content (AvgIpc) is 2.79. The van der Waals surface area contributed by atoms with Crippen molar-refractivity contribution >= 4 is 33.5 Å². The first kappa shape index (κ1) is 25.8. The van der Waals surface area contributed by atoms with E-state index in [9.17, 15) is 18.0 Å². The summed E-state index contributed by atoms with van der Waals surface area (Å²) in [5.74, 6) is 0.117. The van der Waals surface area contributed by atoms with E-state index in [0.29, 0.717) is 16.5 Å². The molecular formula is C24H28ClNO7S. The van der Waals surface area contributed by atoms with Crippen molar-refractivity contribution in [2.75, 3.05) is 20.2 Å². The first-order chi connectivity index (χ1) is 15.9. The Bertz CT molecular complexity index is 1130. The van der Waals surface area contributed by atoms with Crippen molar-refractivity contribution in [2.24, 2.45) is 0 Å². The highest BCUT2D eigenvalue weighted by molar-refractivity contribution is 7.93. The molecule has 3 rings (SSSR count). The molecule has 0 atom stereocenters. The monoisotopic (exact) mass is 509 g/mol. The highest BCUT2D eigenvalue weighted by Crippen LogP contribution is 2.38. The van der Waals surface area contributed by atoms with E-state index in [1.165, 1.54) is 29.2 Å². The highest BCUT2D eigenvalue weighted by atomic mass is 35.5. The summed E-state index contributed by atoms with van der Waals surface area (Å²) >= 11 is 5.88. The molecule has 10 heteroatoms. The quantitative estimate of drug-likeness (QED) is 0.531. The molecular weight excluding hydrogens is 482 g/mol. The van der Waals surface area contributed by atoms with E-state index in [1.54, 1.807) is 45.0 Å². The minimum atomic E-state index is -4.14. The number of halogens is 1. The molecule has 2 aromatic rings. The number of amides is 1. The SMILES string of the molecule is COC(=O)C1(S(=O)(=O)c2ccc(Oc3ccc(Cl)cc3)cc2)CCN(C(=O)OC(C)(C)C)CC1. The maximum atomic E-state index is 13.6. The van der Waals surface area contributed by atoms with Crippen LogP contribution in [-0.4, -0.2) is 55.9 Å². The van der Waals surface area contributed by atoms with Gasteiger partial charge in [-0.2, -0.15) is 0 Å². The summed E-state index contributed by atoms with van der Waals surface area (Å²) < 4.78 is 41.4. The second-order valence-corrected chi connectivity index (χ2v) is 11.7. The molecule has 184 valence electrons. The summed E-state index contributed by atoms with van der Waals surface area (Å²) in [4.78, 5) is 26.6. The Hall–Kier alpha value is -2.78. The molecule has 0 aliphatic carbocycles. The maximum Gasteiger partial charge on any atom is 0.410 e. The van der Waals surface area contributed by atoms with Crippen LogP contribution < -0.4 is 4.74 Å². The third kappa shape index (κ3) is 5.47. The molecule has 1 heterocycles. The van der Waals surface area contributed by atoms with E-state index >= 15 is 0 Å². The number of carbonyl (C=O) groups excluding carboxylic acids is 2. The lowest BCUT2D eigenvalue weighted by molar-refractivity contribution is -0.145. The topological polar surface area (TPSA) is 99.2 Å². The van der Waals surface area contributed by atoms with E-state index in [2.05, 4.69) is 0 Å². The number of benzene rings is 2. The van der Waals surface area contributed by atoms with Gasteiger partial charge in [0, 0.05) is 18.1 Å². The number of sulfone groups is 1. The lowest BCUT2D eigenvalue weighted by Gasteiger charge is -2.39. The minimum Gasteiger partial charge on any atom is -0.468 e. The van der Waals surface area contributed by atoms with Gasteiger partial charge in [0.1, 0.15) is 17.1 Å². The van der Waals surface area contributed by atoms with Crippen molar-refractivity contribution in [3.8, 4) is 11.5 Å². The van der Waals surface area contributed by atoms with Crippen molar-refractivity contribution in [1.29, 1.82) is 0 Å². The number of hydrogen-bond acceptors (Lipinski definition) is 7. The van der Waals surface area contributed by atoms with Gasteiger partial charge in [-0.25, -0.2) is 13.2 Å².